The summed E-state index contributed by atoms with van der Waals surface area (Å²) in [6, 6.07) is 1.57. The smallest absolute Gasteiger partial charge is 0.308 e. The van der Waals surface area contributed by atoms with Crippen molar-refractivity contribution in [3.05, 3.63) is 23.5 Å². The van der Waals surface area contributed by atoms with Crippen LogP contribution in [0.25, 0.3) is 0 Å². The zero-order valence-corrected chi connectivity index (χ0v) is 9.02. The quantitative estimate of drug-likeness (QED) is 0.843. The normalized spacial score (nSPS) is 20.2. The number of hydrogen-bond acceptors (Lipinski definition) is 3. The molecule has 2 rings (SSSR count). The molecular weight excluding hydrogens is 232 g/mol. The fraction of sp³-hybridized carbons (Fsp3) is 0.300. The highest BCUT2D eigenvalue weighted by molar-refractivity contribution is 6.33. The molecule has 0 saturated carbocycles. The van der Waals surface area contributed by atoms with E-state index in [1.54, 1.807) is 6.07 Å². The Morgan fingerprint density at radius 2 is 2.38 bits per heavy atom. The number of halogens is 1. The Kier molecular flexibility index (Phi) is 2.78. The van der Waals surface area contributed by atoms with Crippen molar-refractivity contribution < 1.29 is 14.7 Å². The van der Waals surface area contributed by atoms with Gasteiger partial charge < -0.3 is 10.0 Å². The third kappa shape index (κ3) is 1.86. The number of carboxylic acid groups (broad SMARTS) is 1. The van der Waals surface area contributed by atoms with E-state index in [9.17, 15) is 9.59 Å². The summed E-state index contributed by atoms with van der Waals surface area (Å²) in [7, 11) is 0. The predicted octanol–water partition coefficient (Wildman–Crippen LogP) is 1.17. The molecule has 1 atom stereocenters. The first-order valence-electron chi connectivity index (χ1n) is 4.72. The molecule has 2 heterocycles. The van der Waals surface area contributed by atoms with Crippen molar-refractivity contribution in [2.75, 3.05) is 11.4 Å². The van der Waals surface area contributed by atoms with Crippen LogP contribution in [0.3, 0.4) is 0 Å². The highest BCUT2D eigenvalue weighted by atomic mass is 35.5. The molecule has 1 unspecified atom stereocenters. The maximum absolute atomic E-state index is 11.6. The maximum atomic E-state index is 11.6. The van der Waals surface area contributed by atoms with Crippen LogP contribution in [0.1, 0.15) is 6.42 Å². The molecule has 0 aliphatic carbocycles. The zero-order chi connectivity index (χ0) is 11.7. The number of pyridine rings is 1. The molecule has 1 N–H and O–H groups in total. The largest absolute Gasteiger partial charge is 0.481 e. The summed E-state index contributed by atoms with van der Waals surface area (Å²) in [5, 5.41) is 9.24. The average Bonchev–Trinajstić information content (AvgIpc) is 2.61. The van der Waals surface area contributed by atoms with Gasteiger partial charge in [0.25, 0.3) is 0 Å². The van der Waals surface area contributed by atoms with E-state index in [0.717, 1.165) is 0 Å². The number of aromatic nitrogens is 1. The highest BCUT2D eigenvalue weighted by Crippen LogP contribution is 2.30. The average molecular weight is 241 g/mol. The molecule has 1 aliphatic rings. The van der Waals surface area contributed by atoms with Crippen LogP contribution < -0.4 is 4.90 Å². The lowest BCUT2D eigenvalue weighted by Gasteiger charge is -2.16. The molecule has 84 valence electrons. The lowest BCUT2D eigenvalue weighted by Crippen LogP contribution is -2.26. The van der Waals surface area contributed by atoms with Gasteiger partial charge in [-0.25, -0.2) is 0 Å². The Hall–Kier alpha value is -1.62. The number of nitrogens with zero attached hydrogens (tertiary/aromatic N) is 2. The number of carbonyl (C=O) groups is 2. The van der Waals surface area contributed by atoms with E-state index < -0.39 is 11.9 Å². The van der Waals surface area contributed by atoms with E-state index >= 15 is 0 Å². The molecule has 0 bridgehead atoms. The first-order chi connectivity index (χ1) is 7.59. The maximum Gasteiger partial charge on any atom is 0.308 e. The molecule has 5 nitrogen and oxygen atoms in total. The molecule has 16 heavy (non-hydrogen) atoms. The first-order valence-corrected chi connectivity index (χ1v) is 5.10. The molecule has 1 fully saturated rings. The molecule has 0 spiro atoms. The van der Waals surface area contributed by atoms with E-state index in [1.807, 2.05) is 0 Å². The number of hydrogen-bond donors (Lipinski definition) is 1. The summed E-state index contributed by atoms with van der Waals surface area (Å²) in [5.41, 5.74) is 0.470. The van der Waals surface area contributed by atoms with Gasteiger partial charge >= 0.3 is 5.97 Å². The van der Waals surface area contributed by atoms with Gasteiger partial charge in [0.15, 0.2) is 0 Å². The van der Waals surface area contributed by atoms with Gasteiger partial charge in [-0.05, 0) is 6.07 Å². The van der Waals surface area contributed by atoms with Crippen molar-refractivity contribution >= 4 is 29.2 Å². The Morgan fingerprint density at radius 1 is 1.62 bits per heavy atom. The van der Waals surface area contributed by atoms with Crippen LogP contribution in [0.15, 0.2) is 18.5 Å². The van der Waals surface area contributed by atoms with E-state index in [-0.39, 0.29) is 18.9 Å². The second-order valence-corrected chi connectivity index (χ2v) is 3.98. The molecule has 1 aromatic rings. The number of amides is 1. The van der Waals surface area contributed by atoms with Crippen LogP contribution in [0.5, 0.6) is 0 Å². The van der Waals surface area contributed by atoms with Crippen LogP contribution >= 0.6 is 11.6 Å². The van der Waals surface area contributed by atoms with Crippen molar-refractivity contribution in [3.8, 4) is 0 Å². The lowest BCUT2D eigenvalue weighted by atomic mass is 10.1. The van der Waals surface area contributed by atoms with Gasteiger partial charge in [-0.15, -0.1) is 0 Å². The second-order valence-electron chi connectivity index (χ2n) is 3.57. The first kappa shape index (κ1) is 10.9. The molecule has 1 aromatic heterocycles. The number of aliphatic carboxylic acids is 1. The third-order valence-electron chi connectivity index (χ3n) is 2.51. The second kappa shape index (κ2) is 4.09. The van der Waals surface area contributed by atoms with E-state index in [1.165, 1.54) is 17.3 Å². The van der Waals surface area contributed by atoms with Crippen molar-refractivity contribution in [2.45, 2.75) is 6.42 Å². The van der Waals surface area contributed by atoms with Crippen LogP contribution in [-0.4, -0.2) is 28.5 Å². The van der Waals surface area contributed by atoms with Gasteiger partial charge in [0.2, 0.25) is 5.91 Å². The summed E-state index contributed by atoms with van der Waals surface area (Å²) in [6.45, 7) is 0.152. The van der Waals surface area contributed by atoms with Gasteiger partial charge in [-0.2, -0.15) is 0 Å². The van der Waals surface area contributed by atoms with Crippen LogP contribution in [-0.2, 0) is 9.59 Å². The molecule has 1 amide bonds. The Labute approximate surface area is 96.7 Å². The van der Waals surface area contributed by atoms with Crippen LogP contribution in [0.4, 0.5) is 5.69 Å². The number of anilines is 1. The minimum atomic E-state index is -0.962. The highest BCUT2D eigenvalue weighted by Gasteiger charge is 2.35. The third-order valence-corrected chi connectivity index (χ3v) is 2.83. The number of carboxylic acids is 1. The molecule has 0 radical (unpaired) electrons. The fourth-order valence-corrected chi connectivity index (χ4v) is 1.88. The number of carbonyl (C=O) groups excluding carboxylic acids is 1. The lowest BCUT2D eigenvalue weighted by molar-refractivity contribution is -0.141. The van der Waals surface area contributed by atoms with Gasteiger partial charge in [-0.3, -0.25) is 14.6 Å². The van der Waals surface area contributed by atoms with Crippen LogP contribution in [0.2, 0.25) is 5.02 Å². The van der Waals surface area contributed by atoms with E-state index in [2.05, 4.69) is 4.98 Å². The van der Waals surface area contributed by atoms with Gasteiger partial charge in [0, 0.05) is 19.2 Å². The minimum absolute atomic E-state index is 0.0144. The summed E-state index contributed by atoms with van der Waals surface area (Å²) in [4.78, 5) is 27.6. The van der Waals surface area contributed by atoms with Crippen molar-refractivity contribution in [2.24, 2.45) is 5.92 Å². The summed E-state index contributed by atoms with van der Waals surface area (Å²) >= 11 is 5.92. The summed E-state index contributed by atoms with van der Waals surface area (Å²) in [6.07, 6.45) is 2.99. The molecule has 6 heteroatoms. The molecule has 1 aliphatic heterocycles. The van der Waals surface area contributed by atoms with Gasteiger partial charge in [0.05, 0.1) is 22.8 Å². The molecule has 1 saturated heterocycles. The van der Waals surface area contributed by atoms with Crippen LogP contribution in [0, 0.1) is 5.92 Å². The topological polar surface area (TPSA) is 70.5 Å². The van der Waals surface area contributed by atoms with Crippen molar-refractivity contribution in [1.82, 2.24) is 4.98 Å². The van der Waals surface area contributed by atoms with Gasteiger partial charge in [0.1, 0.15) is 0 Å². The summed E-state index contributed by atoms with van der Waals surface area (Å²) in [5.74, 6) is -1.86. The van der Waals surface area contributed by atoms with E-state index in [4.69, 9.17) is 16.7 Å². The minimum Gasteiger partial charge on any atom is -0.481 e. The van der Waals surface area contributed by atoms with E-state index in [0.29, 0.717) is 10.7 Å². The SMILES string of the molecule is O=C(O)C1CC(=O)N(c2cnccc2Cl)C1. The summed E-state index contributed by atoms with van der Waals surface area (Å²) < 4.78 is 0. The Bertz CT molecular complexity index is 449. The Morgan fingerprint density at radius 3 is 2.94 bits per heavy atom. The standard InChI is InChI=1S/C10H9ClN2O3/c11-7-1-2-12-4-8(7)13-5-6(10(15)16)3-9(13)14/h1-2,4,6H,3,5H2,(H,15,16). The Balaban J connectivity index is 2.27. The zero-order valence-electron chi connectivity index (χ0n) is 8.26. The van der Waals surface area contributed by atoms with Crippen molar-refractivity contribution in [3.63, 3.8) is 0 Å². The van der Waals surface area contributed by atoms with Gasteiger partial charge in [-0.1, -0.05) is 11.6 Å². The van der Waals surface area contributed by atoms with Crippen molar-refractivity contribution in [1.29, 1.82) is 0 Å². The monoisotopic (exact) mass is 240 g/mol. The fourth-order valence-electron chi connectivity index (χ4n) is 1.67. The molecular formula is C10H9ClN2O3. The number of rotatable bonds is 2. The molecule has 0 aromatic carbocycles. The predicted molar refractivity (Wildman–Crippen MR) is 57.3 cm³/mol.